The lowest BCUT2D eigenvalue weighted by atomic mass is 9.88. The summed E-state index contributed by atoms with van der Waals surface area (Å²) in [7, 11) is 0. The van der Waals surface area contributed by atoms with Crippen LogP contribution >= 0.6 is 0 Å². The number of hydrogen-bond donors (Lipinski definition) is 1. The van der Waals surface area contributed by atoms with Crippen molar-refractivity contribution in [1.29, 1.82) is 0 Å². The Hall–Kier alpha value is -0.960. The second-order valence-electron chi connectivity index (χ2n) is 4.29. The van der Waals surface area contributed by atoms with Gasteiger partial charge in [0, 0.05) is 11.1 Å². The Bertz CT molecular complexity index is 343. The molecular weight excluding hydrogens is 196 g/mol. The Morgan fingerprint density at radius 1 is 1.20 bits per heavy atom. The van der Waals surface area contributed by atoms with E-state index in [1.54, 1.807) is 12.1 Å². The zero-order valence-corrected chi connectivity index (χ0v) is 8.55. The quantitative estimate of drug-likeness (QED) is 0.797. The fraction of sp³-hybridized carbons (Fsp3) is 0.500. The van der Waals surface area contributed by atoms with Crippen LogP contribution in [0.1, 0.15) is 43.2 Å². The van der Waals surface area contributed by atoms with Gasteiger partial charge in [0.2, 0.25) is 0 Å². The van der Waals surface area contributed by atoms with Crippen molar-refractivity contribution in [3.05, 3.63) is 35.4 Å². The van der Waals surface area contributed by atoms with Gasteiger partial charge in [-0.1, -0.05) is 31.0 Å². The van der Waals surface area contributed by atoms with Gasteiger partial charge in [-0.2, -0.15) is 0 Å². The monoisotopic (exact) mass is 211 g/mol. The molecular formula is C12H15F2N. The van der Waals surface area contributed by atoms with Crippen molar-refractivity contribution in [2.75, 3.05) is 0 Å². The highest BCUT2D eigenvalue weighted by Crippen LogP contribution is 2.37. The predicted molar refractivity (Wildman–Crippen MR) is 55.7 cm³/mol. The average Bonchev–Trinajstić information content (AvgIpc) is 2.67. The number of hydrogen-bond acceptors (Lipinski definition) is 1. The van der Waals surface area contributed by atoms with E-state index in [1.807, 2.05) is 6.07 Å². The molecule has 1 aliphatic rings. The standard InChI is InChI=1S/C12H15F2N/c13-11(14)9-4-3-5-10(8-9)12(15)6-1-2-7-12/h3-5,8,11H,1-2,6-7,15H2. The minimum atomic E-state index is -2.41. The van der Waals surface area contributed by atoms with E-state index in [-0.39, 0.29) is 11.1 Å². The molecule has 0 bridgehead atoms. The summed E-state index contributed by atoms with van der Waals surface area (Å²) < 4.78 is 25.0. The highest BCUT2D eigenvalue weighted by molar-refractivity contribution is 5.30. The zero-order valence-electron chi connectivity index (χ0n) is 8.55. The van der Waals surface area contributed by atoms with Crippen LogP contribution < -0.4 is 5.73 Å². The molecule has 15 heavy (non-hydrogen) atoms. The number of rotatable bonds is 2. The average molecular weight is 211 g/mol. The molecule has 0 aliphatic heterocycles. The first kappa shape index (κ1) is 10.6. The van der Waals surface area contributed by atoms with Crippen LogP contribution in [0, 0.1) is 0 Å². The minimum absolute atomic E-state index is 0.0734. The lowest BCUT2D eigenvalue weighted by Gasteiger charge is -2.24. The van der Waals surface area contributed by atoms with Crippen LogP contribution in [0.15, 0.2) is 24.3 Å². The van der Waals surface area contributed by atoms with Crippen molar-refractivity contribution in [3.8, 4) is 0 Å². The molecule has 2 rings (SSSR count). The molecule has 3 heteroatoms. The van der Waals surface area contributed by atoms with Crippen molar-refractivity contribution in [2.45, 2.75) is 37.6 Å². The van der Waals surface area contributed by atoms with Crippen molar-refractivity contribution < 1.29 is 8.78 Å². The summed E-state index contributed by atoms with van der Waals surface area (Å²) in [5.74, 6) is 0. The van der Waals surface area contributed by atoms with Crippen molar-refractivity contribution in [1.82, 2.24) is 0 Å². The van der Waals surface area contributed by atoms with Gasteiger partial charge in [-0.15, -0.1) is 0 Å². The van der Waals surface area contributed by atoms with E-state index >= 15 is 0 Å². The molecule has 1 saturated carbocycles. The SMILES string of the molecule is NC1(c2cccc(C(F)F)c2)CCCC1. The molecule has 0 radical (unpaired) electrons. The molecule has 1 fully saturated rings. The van der Waals surface area contributed by atoms with Gasteiger partial charge >= 0.3 is 0 Å². The molecule has 0 atom stereocenters. The number of benzene rings is 1. The highest BCUT2D eigenvalue weighted by atomic mass is 19.3. The van der Waals surface area contributed by atoms with Gasteiger partial charge in [-0.3, -0.25) is 0 Å². The molecule has 0 saturated heterocycles. The molecule has 1 aromatic carbocycles. The molecule has 82 valence electrons. The highest BCUT2D eigenvalue weighted by Gasteiger charge is 2.31. The summed E-state index contributed by atoms with van der Waals surface area (Å²) >= 11 is 0. The largest absolute Gasteiger partial charge is 0.321 e. The summed E-state index contributed by atoms with van der Waals surface area (Å²) in [6.45, 7) is 0. The fourth-order valence-corrected chi connectivity index (χ4v) is 2.28. The summed E-state index contributed by atoms with van der Waals surface area (Å²) in [6.07, 6.45) is 1.58. The van der Waals surface area contributed by atoms with Crippen molar-refractivity contribution >= 4 is 0 Å². The van der Waals surface area contributed by atoms with Gasteiger partial charge < -0.3 is 5.73 Å². The Balaban J connectivity index is 2.31. The lowest BCUT2D eigenvalue weighted by Crippen LogP contribution is -2.33. The molecule has 1 aromatic rings. The van der Waals surface area contributed by atoms with Gasteiger partial charge in [-0.05, 0) is 24.5 Å². The van der Waals surface area contributed by atoms with Crippen LogP contribution in [0.3, 0.4) is 0 Å². The van der Waals surface area contributed by atoms with E-state index in [0.29, 0.717) is 0 Å². The van der Waals surface area contributed by atoms with Crippen LogP contribution in [-0.4, -0.2) is 0 Å². The second-order valence-corrected chi connectivity index (χ2v) is 4.29. The Morgan fingerprint density at radius 3 is 2.47 bits per heavy atom. The van der Waals surface area contributed by atoms with Gasteiger partial charge in [-0.25, -0.2) is 8.78 Å². The van der Waals surface area contributed by atoms with E-state index < -0.39 is 6.43 Å². The summed E-state index contributed by atoms with van der Waals surface area (Å²) in [5, 5.41) is 0. The Kier molecular flexibility index (Phi) is 2.74. The first-order valence-corrected chi connectivity index (χ1v) is 5.29. The lowest BCUT2D eigenvalue weighted by molar-refractivity contribution is 0.151. The third kappa shape index (κ3) is 2.02. The molecule has 0 aromatic heterocycles. The maximum atomic E-state index is 12.5. The van der Waals surface area contributed by atoms with E-state index in [1.165, 1.54) is 6.07 Å². The van der Waals surface area contributed by atoms with Crippen LogP contribution in [-0.2, 0) is 5.54 Å². The van der Waals surface area contributed by atoms with Crippen LogP contribution in [0.2, 0.25) is 0 Å². The predicted octanol–water partition coefficient (Wildman–Crippen LogP) is 3.35. The molecule has 1 nitrogen and oxygen atoms in total. The second kappa shape index (κ2) is 3.89. The van der Waals surface area contributed by atoms with Gasteiger partial charge in [0.1, 0.15) is 0 Å². The van der Waals surface area contributed by atoms with Gasteiger partial charge in [0.15, 0.2) is 0 Å². The first-order chi connectivity index (χ1) is 7.12. The summed E-state index contributed by atoms with van der Waals surface area (Å²) in [6, 6.07) is 6.53. The molecule has 0 heterocycles. The summed E-state index contributed by atoms with van der Waals surface area (Å²) in [5.41, 5.74) is 6.77. The Labute approximate surface area is 88.3 Å². The van der Waals surface area contributed by atoms with Crippen molar-refractivity contribution in [3.63, 3.8) is 0 Å². The number of alkyl halides is 2. The zero-order chi connectivity index (χ0) is 10.9. The Morgan fingerprint density at radius 2 is 1.87 bits per heavy atom. The summed E-state index contributed by atoms with van der Waals surface area (Å²) in [4.78, 5) is 0. The molecule has 1 aliphatic carbocycles. The molecule has 2 N–H and O–H groups in total. The molecule has 0 unspecified atom stereocenters. The minimum Gasteiger partial charge on any atom is -0.321 e. The third-order valence-corrected chi connectivity index (χ3v) is 3.21. The topological polar surface area (TPSA) is 26.0 Å². The normalized spacial score (nSPS) is 19.7. The maximum Gasteiger partial charge on any atom is 0.263 e. The van der Waals surface area contributed by atoms with Crippen LogP contribution in [0.25, 0.3) is 0 Å². The van der Waals surface area contributed by atoms with E-state index in [2.05, 4.69) is 0 Å². The van der Waals surface area contributed by atoms with Crippen LogP contribution in [0.4, 0.5) is 8.78 Å². The van der Waals surface area contributed by atoms with Crippen molar-refractivity contribution in [2.24, 2.45) is 5.73 Å². The van der Waals surface area contributed by atoms with Gasteiger partial charge in [0.05, 0.1) is 0 Å². The smallest absolute Gasteiger partial charge is 0.263 e. The van der Waals surface area contributed by atoms with E-state index in [9.17, 15) is 8.78 Å². The molecule has 0 spiro atoms. The van der Waals surface area contributed by atoms with Gasteiger partial charge in [0.25, 0.3) is 6.43 Å². The van der Waals surface area contributed by atoms with Crippen LogP contribution in [0.5, 0.6) is 0 Å². The maximum absolute atomic E-state index is 12.5. The fourth-order valence-electron chi connectivity index (χ4n) is 2.28. The number of nitrogens with two attached hydrogens (primary N) is 1. The third-order valence-electron chi connectivity index (χ3n) is 3.21. The van der Waals surface area contributed by atoms with E-state index in [4.69, 9.17) is 5.73 Å². The number of halogens is 2. The first-order valence-electron chi connectivity index (χ1n) is 5.29. The molecule has 0 amide bonds. The van der Waals surface area contributed by atoms with E-state index in [0.717, 1.165) is 31.2 Å².